The Labute approximate surface area is 120 Å². The van der Waals surface area contributed by atoms with Gasteiger partial charge in [0, 0.05) is 10.9 Å². The first-order valence-corrected chi connectivity index (χ1v) is 7.60. The summed E-state index contributed by atoms with van der Waals surface area (Å²) >= 11 is 5.12. The second kappa shape index (κ2) is 6.41. The first kappa shape index (κ1) is 13.6. The van der Waals surface area contributed by atoms with Crippen LogP contribution in [0.15, 0.2) is 28.7 Å². The van der Waals surface area contributed by atoms with Gasteiger partial charge in [0.05, 0.1) is 6.04 Å². The van der Waals surface area contributed by atoms with Crippen LogP contribution in [0.5, 0.6) is 0 Å². The quantitative estimate of drug-likeness (QED) is 0.913. The largest absolute Gasteiger partial charge is 0.308 e. The van der Waals surface area contributed by atoms with E-state index in [0.717, 1.165) is 27.5 Å². The lowest BCUT2D eigenvalue weighted by atomic mass is 10.2. The maximum absolute atomic E-state index is 4.25. The fraction of sp³-hybridized carbons (Fsp3) is 0.385. The van der Waals surface area contributed by atoms with Gasteiger partial charge >= 0.3 is 0 Å². The van der Waals surface area contributed by atoms with E-state index >= 15 is 0 Å². The van der Waals surface area contributed by atoms with Crippen molar-refractivity contribution < 1.29 is 0 Å². The van der Waals surface area contributed by atoms with Crippen molar-refractivity contribution in [2.24, 2.45) is 0 Å². The predicted octanol–water partition coefficient (Wildman–Crippen LogP) is 3.56. The molecule has 1 aromatic carbocycles. The van der Waals surface area contributed by atoms with E-state index < -0.39 is 0 Å². The lowest BCUT2D eigenvalue weighted by molar-refractivity contribution is 0.589. The fourth-order valence-electron chi connectivity index (χ4n) is 1.68. The Balaban J connectivity index is 2.04. The molecule has 1 atom stereocenters. The molecule has 0 saturated carbocycles. The van der Waals surface area contributed by atoms with Crippen molar-refractivity contribution in [3.05, 3.63) is 44.3 Å². The van der Waals surface area contributed by atoms with Gasteiger partial charge in [0.1, 0.15) is 10.0 Å². The van der Waals surface area contributed by atoms with Crippen LogP contribution in [0, 0.1) is 0 Å². The van der Waals surface area contributed by atoms with Crippen LogP contribution in [0.4, 0.5) is 0 Å². The zero-order valence-corrected chi connectivity index (χ0v) is 12.9. The molecule has 1 unspecified atom stereocenters. The van der Waals surface area contributed by atoms with Crippen molar-refractivity contribution >= 4 is 27.3 Å². The lowest BCUT2D eigenvalue weighted by Crippen LogP contribution is -2.17. The highest BCUT2D eigenvalue weighted by atomic mass is 79.9. The van der Waals surface area contributed by atoms with Gasteiger partial charge < -0.3 is 5.32 Å². The minimum atomic E-state index is 0.283. The van der Waals surface area contributed by atoms with E-state index in [-0.39, 0.29) is 6.04 Å². The van der Waals surface area contributed by atoms with Gasteiger partial charge in [-0.2, -0.15) is 0 Å². The molecular formula is C13H16BrN3S. The van der Waals surface area contributed by atoms with E-state index in [0.29, 0.717) is 0 Å². The van der Waals surface area contributed by atoms with Crippen LogP contribution in [0.2, 0.25) is 0 Å². The highest BCUT2D eigenvalue weighted by Gasteiger charge is 2.10. The van der Waals surface area contributed by atoms with Crippen molar-refractivity contribution in [3.63, 3.8) is 0 Å². The topological polar surface area (TPSA) is 37.8 Å². The highest BCUT2D eigenvalue weighted by molar-refractivity contribution is 9.10. The number of nitrogens with zero attached hydrogens (tertiary/aromatic N) is 2. The van der Waals surface area contributed by atoms with Crippen molar-refractivity contribution in [2.75, 3.05) is 6.54 Å². The zero-order valence-electron chi connectivity index (χ0n) is 10.5. The molecule has 0 spiro atoms. The van der Waals surface area contributed by atoms with Crippen molar-refractivity contribution in [1.82, 2.24) is 15.5 Å². The molecule has 0 aliphatic rings. The molecule has 3 nitrogen and oxygen atoms in total. The summed E-state index contributed by atoms with van der Waals surface area (Å²) in [6.45, 7) is 5.16. The lowest BCUT2D eigenvalue weighted by Gasteiger charge is -2.06. The Morgan fingerprint density at radius 3 is 2.67 bits per heavy atom. The summed E-state index contributed by atoms with van der Waals surface area (Å²) in [6.07, 6.45) is 0.851. The third-order valence-electron chi connectivity index (χ3n) is 2.63. The number of benzene rings is 1. The molecule has 0 bridgehead atoms. The molecular weight excluding hydrogens is 310 g/mol. The summed E-state index contributed by atoms with van der Waals surface area (Å²) < 4.78 is 1.10. The molecule has 0 amide bonds. The van der Waals surface area contributed by atoms with Gasteiger partial charge in [0.25, 0.3) is 0 Å². The summed E-state index contributed by atoms with van der Waals surface area (Å²) in [5.74, 6) is 0. The molecule has 0 radical (unpaired) electrons. The molecule has 1 aromatic heterocycles. The number of hydrogen-bond acceptors (Lipinski definition) is 4. The Morgan fingerprint density at radius 2 is 2.00 bits per heavy atom. The van der Waals surface area contributed by atoms with Gasteiger partial charge in [-0.3, -0.25) is 0 Å². The first-order chi connectivity index (χ1) is 8.69. The van der Waals surface area contributed by atoms with Gasteiger partial charge in [-0.25, -0.2) is 0 Å². The Kier molecular flexibility index (Phi) is 4.86. The molecule has 5 heteroatoms. The number of hydrogen-bond donors (Lipinski definition) is 1. The average molecular weight is 326 g/mol. The third kappa shape index (κ3) is 3.60. The van der Waals surface area contributed by atoms with Crippen LogP contribution >= 0.6 is 27.3 Å². The Morgan fingerprint density at radius 1 is 1.28 bits per heavy atom. The molecule has 0 saturated heterocycles. The zero-order chi connectivity index (χ0) is 13.0. The normalized spacial score (nSPS) is 12.6. The highest BCUT2D eigenvalue weighted by Crippen LogP contribution is 2.20. The summed E-state index contributed by atoms with van der Waals surface area (Å²) in [5.41, 5.74) is 1.26. The minimum absolute atomic E-state index is 0.283. The molecule has 0 aliphatic heterocycles. The predicted molar refractivity (Wildman–Crippen MR) is 78.9 cm³/mol. The van der Waals surface area contributed by atoms with E-state index in [1.165, 1.54) is 5.56 Å². The van der Waals surface area contributed by atoms with Gasteiger partial charge in [-0.15, -0.1) is 10.2 Å². The average Bonchev–Trinajstić information content (AvgIpc) is 2.81. The molecule has 1 heterocycles. The molecule has 0 aliphatic carbocycles. The molecule has 2 aromatic rings. The summed E-state index contributed by atoms with van der Waals surface area (Å²) in [5, 5.41) is 14.0. The first-order valence-electron chi connectivity index (χ1n) is 5.99. The standard InChI is InChI=1S/C13H16BrN3S/c1-3-15-9(2)13-17-16-12(18-13)8-10-4-6-11(14)7-5-10/h4-7,9,15H,3,8H2,1-2H3. The number of rotatable bonds is 5. The van der Waals surface area contributed by atoms with Gasteiger partial charge in [0.2, 0.25) is 0 Å². The second-order valence-electron chi connectivity index (χ2n) is 4.12. The van der Waals surface area contributed by atoms with E-state index in [4.69, 9.17) is 0 Å². The summed E-state index contributed by atoms with van der Waals surface area (Å²) in [4.78, 5) is 0. The number of aromatic nitrogens is 2. The van der Waals surface area contributed by atoms with Crippen molar-refractivity contribution in [3.8, 4) is 0 Å². The van der Waals surface area contributed by atoms with Crippen LogP contribution in [0.3, 0.4) is 0 Å². The SMILES string of the molecule is CCNC(C)c1nnc(Cc2ccc(Br)cc2)s1. The van der Waals surface area contributed by atoms with E-state index in [1.807, 2.05) is 0 Å². The van der Waals surface area contributed by atoms with Crippen LogP contribution in [-0.2, 0) is 6.42 Å². The van der Waals surface area contributed by atoms with Gasteiger partial charge in [0.15, 0.2) is 0 Å². The maximum atomic E-state index is 4.25. The molecule has 0 fully saturated rings. The van der Waals surface area contributed by atoms with Crippen molar-refractivity contribution in [2.45, 2.75) is 26.3 Å². The molecule has 1 N–H and O–H groups in total. The minimum Gasteiger partial charge on any atom is -0.308 e. The van der Waals surface area contributed by atoms with Crippen LogP contribution in [0.1, 0.15) is 35.5 Å². The number of halogens is 1. The van der Waals surface area contributed by atoms with E-state index in [2.05, 4.69) is 69.6 Å². The van der Waals surface area contributed by atoms with Crippen molar-refractivity contribution in [1.29, 1.82) is 0 Å². The number of nitrogens with one attached hydrogen (secondary N) is 1. The summed E-state index contributed by atoms with van der Waals surface area (Å²) in [6, 6.07) is 8.61. The smallest absolute Gasteiger partial charge is 0.134 e. The van der Waals surface area contributed by atoms with E-state index in [1.54, 1.807) is 11.3 Å². The van der Waals surface area contributed by atoms with E-state index in [9.17, 15) is 0 Å². The molecule has 96 valence electrons. The Bertz CT molecular complexity index is 495. The second-order valence-corrected chi connectivity index (χ2v) is 6.13. The monoisotopic (exact) mass is 325 g/mol. The van der Waals surface area contributed by atoms with Crippen LogP contribution < -0.4 is 5.32 Å². The summed E-state index contributed by atoms with van der Waals surface area (Å²) in [7, 11) is 0. The van der Waals surface area contributed by atoms with Crippen LogP contribution in [0.25, 0.3) is 0 Å². The van der Waals surface area contributed by atoms with Gasteiger partial charge in [-0.05, 0) is 31.2 Å². The van der Waals surface area contributed by atoms with Crippen LogP contribution in [-0.4, -0.2) is 16.7 Å². The fourth-order valence-corrected chi connectivity index (χ4v) is 2.85. The Hall–Kier alpha value is -0.780. The third-order valence-corrected chi connectivity index (χ3v) is 4.27. The maximum Gasteiger partial charge on any atom is 0.134 e. The molecule has 18 heavy (non-hydrogen) atoms. The van der Waals surface area contributed by atoms with Gasteiger partial charge in [-0.1, -0.05) is 46.3 Å². The molecule has 2 rings (SSSR count).